The number of nitrogens with zero attached hydrogens (tertiary/aromatic N) is 3. The van der Waals surface area contributed by atoms with Crippen LogP contribution in [0.15, 0.2) is 114 Å². The molecule has 1 atom stereocenters. The molecular formula is C27H22N5O6P. The lowest BCUT2D eigenvalue weighted by Crippen LogP contribution is -2.41. The van der Waals surface area contributed by atoms with Crippen LogP contribution in [0.1, 0.15) is 10.4 Å². The van der Waals surface area contributed by atoms with Gasteiger partial charge in [-0.15, -0.1) is 0 Å². The maximum Gasteiger partial charge on any atom is 0.278 e. The summed E-state index contributed by atoms with van der Waals surface area (Å²) >= 11 is 0. The minimum atomic E-state index is -3.62. The Morgan fingerprint density at radius 3 is 1.69 bits per heavy atom. The number of amides is 1. The van der Waals surface area contributed by atoms with Crippen LogP contribution in [0.2, 0.25) is 0 Å². The Labute approximate surface area is 222 Å². The van der Waals surface area contributed by atoms with Gasteiger partial charge in [0.1, 0.15) is 5.78 Å². The first-order chi connectivity index (χ1) is 18.8. The number of nitro groups is 2. The fourth-order valence-electron chi connectivity index (χ4n) is 3.85. The van der Waals surface area contributed by atoms with Crippen LogP contribution in [0, 0.1) is 20.2 Å². The van der Waals surface area contributed by atoms with E-state index in [9.17, 15) is 29.6 Å². The van der Waals surface area contributed by atoms with Crippen LogP contribution in [0.3, 0.4) is 0 Å². The first-order valence-electron chi connectivity index (χ1n) is 11.6. The third-order valence-electron chi connectivity index (χ3n) is 5.72. The van der Waals surface area contributed by atoms with Crippen molar-refractivity contribution >= 4 is 46.9 Å². The normalized spacial score (nSPS) is 12.0. The molecule has 0 aromatic heterocycles. The molecule has 39 heavy (non-hydrogen) atoms. The minimum Gasteiger partial charge on any atom is -0.337 e. The zero-order valence-corrected chi connectivity index (χ0v) is 21.2. The lowest BCUT2D eigenvalue weighted by molar-refractivity contribution is -0.394. The van der Waals surface area contributed by atoms with Crippen molar-refractivity contribution in [1.82, 2.24) is 5.32 Å². The first kappa shape index (κ1) is 26.9. The topological polar surface area (TPSA) is 157 Å². The second-order valence-corrected chi connectivity index (χ2v) is 11.2. The van der Waals surface area contributed by atoms with Gasteiger partial charge in [-0.1, -0.05) is 78.9 Å². The second-order valence-electron chi connectivity index (χ2n) is 8.26. The van der Waals surface area contributed by atoms with Gasteiger partial charge in [0, 0.05) is 28.3 Å². The van der Waals surface area contributed by atoms with Crippen molar-refractivity contribution in [2.75, 3.05) is 5.43 Å². The molecule has 1 amide bonds. The van der Waals surface area contributed by atoms with Crippen LogP contribution in [0.25, 0.3) is 0 Å². The van der Waals surface area contributed by atoms with Crippen LogP contribution in [-0.4, -0.2) is 27.8 Å². The Kier molecular flexibility index (Phi) is 8.23. The van der Waals surface area contributed by atoms with E-state index in [0.717, 1.165) is 18.2 Å². The molecule has 12 heteroatoms. The highest BCUT2D eigenvalue weighted by Gasteiger charge is 2.37. The predicted octanol–water partition coefficient (Wildman–Crippen LogP) is 4.67. The van der Waals surface area contributed by atoms with Crippen LogP contribution in [0.4, 0.5) is 17.1 Å². The lowest BCUT2D eigenvalue weighted by atomic mass is 10.2. The van der Waals surface area contributed by atoms with E-state index in [4.69, 9.17) is 0 Å². The predicted molar refractivity (Wildman–Crippen MR) is 149 cm³/mol. The van der Waals surface area contributed by atoms with E-state index in [2.05, 4.69) is 15.8 Å². The summed E-state index contributed by atoms with van der Waals surface area (Å²) in [5, 5.41) is 30.3. The molecule has 0 aliphatic carbocycles. The molecule has 0 radical (unpaired) electrons. The number of nitrogens with one attached hydrogen (secondary N) is 2. The van der Waals surface area contributed by atoms with Gasteiger partial charge in [0.05, 0.1) is 27.8 Å². The Balaban J connectivity index is 1.77. The number of hydrogen-bond acceptors (Lipinski definition) is 8. The number of carbonyl (C=O) groups excluding carboxylic acids is 1. The summed E-state index contributed by atoms with van der Waals surface area (Å²) in [6, 6.07) is 28.6. The smallest absolute Gasteiger partial charge is 0.278 e. The van der Waals surface area contributed by atoms with Gasteiger partial charge in [-0.05, 0) is 12.1 Å². The molecule has 0 unspecified atom stereocenters. The summed E-state index contributed by atoms with van der Waals surface area (Å²) in [6.07, 6.45) is 1.23. The third-order valence-corrected chi connectivity index (χ3v) is 8.90. The van der Waals surface area contributed by atoms with E-state index in [1.54, 1.807) is 91.0 Å². The summed E-state index contributed by atoms with van der Waals surface area (Å²) in [6.45, 7) is 0. The molecular weight excluding hydrogens is 521 g/mol. The summed E-state index contributed by atoms with van der Waals surface area (Å²) in [5.41, 5.74) is 1.84. The average molecular weight is 543 g/mol. The molecule has 0 saturated carbocycles. The van der Waals surface area contributed by atoms with E-state index in [1.165, 1.54) is 6.21 Å². The van der Waals surface area contributed by atoms with Crippen LogP contribution in [-0.2, 0) is 4.57 Å². The zero-order valence-electron chi connectivity index (χ0n) is 20.3. The number of nitro benzene ring substituents is 2. The van der Waals surface area contributed by atoms with E-state index < -0.39 is 40.1 Å². The van der Waals surface area contributed by atoms with Gasteiger partial charge < -0.3 is 9.88 Å². The van der Waals surface area contributed by atoms with Crippen molar-refractivity contribution in [3.05, 3.63) is 135 Å². The largest absolute Gasteiger partial charge is 0.337 e. The van der Waals surface area contributed by atoms with E-state index in [1.807, 2.05) is 0 Å². The number of rotatable bonds is 10. The minimum absolute atomic E-state index is 0.0328. The fourth-order valence-corrected chi connectivity index (χ4v) is 6.58. The second kappa shape index (κ2) is 11.9. The summed E-state index contributed by atoms with van der Waals surface area (Å²) in [7, 11) is -3.62. The van der Waals surface area contributed by atoms with Crippen LogP contribution < -0.4 is 21.4 Å². The van der Waals surface area contributed by atoms with Crippen molar-refractivity contribution in [1.29, 1.82) is 0 Å². The van der Waals surface area contributed by atoms with E-state index in [-0.39, 0.29) is 5.69 Å². The van der Waals surface area contributed by atoms with Crippen molar-refractivity contribution in [2.24, 2.45) is 5.10 Å². The van der Waals surface area contributed by atoms with Crippen molar-refractivity contribution in [3.8, 4) is 0 Å². The van der Waals surface area contributed by atoms with Gasteiger partial charge in [-0.25, -0.2) is 0 Å². The molecule has 0 spiro atoms. The molecule has 4 aromatic rings. The van der Waals surface area contributed by atoms with Gasteiger partial charge >= 0.3 is 0 Å². The highest BCUT2D eigenvalue weighted by atomic mass is 31.2. The molecule has 0 fully saturated rings. The Hall–Kier alpha value is -5.15. The van der Waals surface area contributed by atoms with Crippen molar-refractivity contribution in [3.63, 3.8) is 0 Å². The van der Waals surface area contributed by atoms with E-state index in [0.29, 0.717) is 16.2 Å². The highest BCUT2D eigenvalue weighted by Crippen LogP contribution is 2.47. The van der Waals surface area contributed by atoms with E-state index >= 15 is 0 Å². The van der Waals surface area contributed by atoms with Gasteiger partial charge in [0.15, 0.2) is 7.14 Å². The Morgan fingerprint density at radius 1 is 0.769 bits per heavy atom. The molecule has 11 nitrogen and oxygen atoms in total. The van der Waals surface area contributed by atoms with Gasteiger partial charge in [0.2, 0.25) is 0 Å². The summed E-state index contributed by atoms with van der Waals surface area (Å²) < 4.78 is 14.9. The van der Waals surface area contributed by atoms with Crippen molar-refractivity contribution < 1.29 is 19.2 Å². The molecule has 4 rings (SSSR count). The molecule has 4 aromatic carbocycles. The maximum absolute atomic E-state index is 14.9. The fraction of sp³-hybridized carbons (Fsp3) is 0.0370. The number of anilines is 1. The molecule has 0 aliphatic rings. The SMILES string of the molecule is O=C(N[C@H](/C=N\Nc1cc([N+](=O)[O-])cc([N+](=O)[O-])c1)P(=O)(c1ccccc1)c1ccccc1)c1ccccc1. The molecule has 0 bridgehead atoms. The lowest BCUT2D eigenvalue weighted by Gasteiger charge is -2.27. The van der Waals surface area contributed by atoms with Crippen LogP contribution in [0.5, 0.6) is 0 Å². The summed E-state index contributed by atoms with van der Waals surface area (Å²) in [4.78, 5) is 34.1. The Bertz CT molecular complexity index is 1490. The maximum atomic E-state index is 14.9. The quantitative estimate of drug-likeness (QED) is 0.127. The number of hydrogen-bond donors (Lipinski definition) is 2. The standard InChI is InChI=1S/C27H22N5O6P/c33-27(20-10-4-1-5-11-20)29-26(19-28-30-21-16-22(31(34)35)18-23(17-21)32(36)37)39(38,24-12-6-2-7-13-24)25-14-8-3-9-15-25/h1-19,26,30H,(H,29,33)/b28-19-/t26-/m0/s1. The van der Waals surface area contributed by atoms with Gasteiger partial charge in [-0.3, -0.25) is 30.4 Å². The van der Waals surface area contributed by atoms with Gasteiger partial charge in [0.25, 0.3) is 17.3 Å². The monoisotopic (exact) mass is 543 g/mol. The van der Waals surface area contributed by atoms with Crippen LogP contribution >= 0.6 is 7.14 Å². The third kappa shape index (κ3) is 6.23. The Morgan fingerprint density at radius 2 is 1.23 bits per heavy atom. The molecule has 0 aliphatic heterocycles. The molecule has 0 saturated heterocycles. The molecule has 196 valence electrons. The summed E-state index contributed by atoms with van der Waals surface area (Å²) in [5.74, 6) is -1.65. The molecule has 0 heterocycles. The highest BCUT2D eigenvalue weighted by molar-refractivity contribution is 7.80. The number of non-ortho nitro benzene ring substituents is 2. The zero-order chi connectivity index (χ0) is 27.8. The first-order valence-corrected chi connectivity index (χ1v) is 13.4. The average Bonchev–Trinajstić information content (AvgIpc) is 2.97. The van der Waals surface area contributed by atoms with Crippen molar-refractivity contribution in [2.45, 2.75) is 5.78 Å². The number of carbonyl (C=O) groups is 1. The molecule has 2 N–H and O–H groups in total. The van der Waals surface area contributed by atoms with Gasteiger partial charge in [-0.2, -0.15) is 5.10 Å². The number of hydrazone groups is 1. The number of benzene rings is 4.